The van der Waals surface area contributed by atoms with Gasteiger partial charge in [-0.15, -0.1) is 0 Å². The highest BCUT2D eigenvalue weighted by Gasteiger charge is 2.09. The maximum atomic E-state index is 7.96. The summed E-state index contributed by atoms with van der Waals surface area (Å²) >= 11 is 7.64. The average molecular weight is 358 g/mol. The summed E-state index contributed by atoms with van der Waals surface area (Å²) in [6.45, 7) is 4.11. The summed E-state index contributed by atoms with van der Waals surface area (Å²) in [5.41, 5.74) is 8.65. The van der Waals surface area contributed by atoms with Crippen LogP contribution in [0.25, 0.3) is 5.69 Å². The van der Waals surface area contributed by atoms with Crippen LogP contribution in [0.3, 0.4) is 0 Å². The van der Waals surface area contributed by atoms with Crippen LogP contribution in [0.1, 0.15) is 11.1 Å². The summed E-state index contributed by atoms with van der Waals surface area (Å²) < 4.78 is 1.60. The van der Waals surface area contributed by atoms with E-state index in [0.29, 0.717) is 0 Å². The maximum absolute atomic E-state index is 7.96. The Labute approximate surface area is 149 Å². The number of rotatable bonds is 3. The summed E-state index contributed by atoms with van der Waals surface area (Å²) in [7, 11) is 0. The minimum absolute atomic E-state index is 0.0550. The molecule has 0 aliphatic heterocycles. The minimum Gasteiger partial charge on any atom is -0.368 e. The zero-order chi connectivity index (χ0) is 17.3. The number of hydrogen-bond donors (Lipinski definition) is 2. The topological polar surface area (TPSA) is 80.6 Å². The Morgan fingerprint density at radius 2 is 1.75 bits per heavy atom. The molecule has 0 spiro atoms. The number of nitrogen functional groups attached to an aromatic ring is 1. The maximum Gasteiger partial charge on any atom is 0.231 e. The van der Waals surface area contributed by atoms with Gasteiger partial charge >= 0.3 is 0 Å². The molecule has 0 bridgehead atoms. The Balaban J connectivity index is 1.99. The summed E-state index contributed by atoms with van der Waals surface area (Å²) in [4.78, 5) is 10.2. The van der Waals surface area contributed by atoms with Crippen LogP contribution in [-0.2, 0) is 0 Å². The molecule has 122 valence electrons. The van der Waals surface area contributed by atoms with Crippen LogP contribution in [-0.4, -0.2) is 14.5 Å². The molecule has 1 aromatic heterocycles. The van der Waals surface area contributed by atoms with E-state index in [1.807, 2.05) is 36.4 Å². The SMILES string of the molecule is Cc1cc(-n2cnc(N)nc2=N)cc(C)c1Sc1ccc(Cl)cc1. The molecule has 0 aliphatic carbocycles. The van der Waals surface area contributed by atoms with Gasteiger partial charge in [-0.2, -0.15) is 4.98 Å². The molecule has 2 aromatic carbocycles. The number of benzene rings is 2. The number of nitrogens with one attached hydrogen (secondary N) is 1. The van der Waals surface area contributed by atoms with E-state index in [0.717, 1.165) is 26.7 Å². The van der Waals surface area contributed by atoms with E-state index >= 15 is 0 Å². The van der Waals surface area contributed by atoms with Gasteiger partial charge < -0.3 is 5.73 Å². The monoisotopic (exact) mass is 357 g/mol. The Morgan fingerprint density at radius 1 is 1.12 bits per heavy atom. The van der Waals surface area contributed by atoms with Crippen molar-refractivity contribution in [1.29, 1.82) is 5.41 Å². The van der Waals surface area contributed by atoms with E-state index in [-0.39, 0.29) is 11.6 Å². The Bertz CT molecular complexity index is 927. The highest BCUT2D eigenvalue weighted by molar-refractivity contribution is 7.99. The summed E-state index contributed by atoms with van der Waals surface area (Å²) in [5.74, 6) is 0.0969. The molecule has 0 saturated carbocycles. The van der Waals surface area contributed by atoms with Crippen LogP contribution in [0.4, 0.5) is 5.95 Å². The quantitative estimate of drug-likeness (QED) is 0.748. The van der Waals surface area contributed by atoms with Crippen molar-refractivity contribution in [3.63, 3.8) is 0 Å². The third-order valence-corrected chi connectivity index (χ3v) is 5.12. The van der Waals surface area contributed by atoms with Gasteiger partial charge in [0.2, 0.25) is 11.6 Å². The van der Waals surface area contributed by atoms with Gasteiger partial charge in [0, 0.05) is 14.8 Å². The minimum atomic E-state index is 0.0550. The smallest absolute Gasteiger partial charge is 0.231 e. The second kappa shape index (κ2) is 6.67. The van der Waals surface area contributed by atoms with Gasteiger partial charge in [0.15, 0.2) is 0 Å². The summed E-state index contributed by atoms with van der Waals surface area (Å²) in [5, 5.41) is 8.68. The van der Waals surface area contributed by atoms with E-state index in [1.165, 1.54) is 11.2 Å². The van der Waals surface area contributed by atoms with Crippen LogP contribution in [0.2, 0.25) is 5.02 Å². The lowest BCUT2D eigenvalue weighted by molar-refractivity contribution is 0.811. The molecule has 3 rings (SSSR count). The first-order valence-electron chi connectivity index (χ1n) is 7.25. The van der Waals surface area contributed by atoms with Gasteiger partial charge in [-0.25, -0.2) is 4.98 Å². The fraction of sp³-hybridized carbons (Fsp3) is 0.118. The van der Waals surface area contributed by atoms with Crippen molar-refractivity contribution in [1.82, 2.24) is 14.5 Å². The fourth-order valence-corrected chi connectivity index (χ4v) is 3.47. The van der Waals surface area contributed by atoms with Crippen LogP contribution < -0.4 is 11.4 Å². The largest absolute Gasteiger partial charge is 0.368 e. The van der Waals surface area contributed by atoms with Crippen molar-refractivity contribution in [3.05, 3.63) is 64.5 Å². The van der Waals surface area contributed by atoms with E-state index in [4.69, 9.17) is 22.7 Å². The van der Waals surface area contributed by atoms with Crippen LogP contribution >= 0.6 is 23.4 Å². The number of aryl methyl sites for hydroxylation is 2. The van der Waals surface area contributed by atoms with E-state index < -0.39 is 0 Å². The van der Waals surface area contributed by atoms with Crippen LogP contribution in [0.5, 0.6) is 0 Å². The van der Waals surface area contributed by atoms with Crippen LogP contribution in [0.15, 0.2) is 52.5 Å². The molecular formula is C17H16ClN5S. The molecule has 0 unspecified atom stereocenters. The second-order valence-electron chi connectivity index (χ2n) is 5.37. The molecule has 0 atom stereocenters. The first-order valence-corrected chi connectivity index (χ1v) is 8.44. The Hall–Kier alpha value is -2.31. The first kappa shape index (κ1) is 16.5. The highest BCUT2D eigenvalue weighted by Crippen LogP contribution is 2.34. The Kier molecular flexibility index (Phi) is 4.59. The van der Waals surface area contributed by atoms with Gasteiger partial charge in [0.1, 0.15) is 6.33 Å². The van der Waals surface area contributed by atoms with Crippen molar-refractivity contribution in [2.24, 2.45) is 0 Å². The van der Waals surface area contributed by atoms with Crippen molar-refractivity contribution < 1.29 is 0 Å². The molecular weight excluding hydrogens is 342 g/mol. The molecule has 5 nitrogen and oxygen atoms in total. The van der Waals surface area contributed by atoms with Crippen molar-refractivity contribution >= 4 is 29.3 Å². The molecule has 0 aliphatic rings. The third kappa shape index (κ3) is 3.44. The molecule has 3 N–H and O–H groups in total. The number of hydrogen-bond acceptors (Lipinski definition) is 5. The molecule has 3 aromatic rings. The number of nitrogens with two attached hydrogens (primary N) is 1. The number of nitrogens with zero attached hydrogens (tertiary/aromatic N) is 3. The van der Waals surface area contributed by atoms with Crippen molar-refractivity contribution in [2.45, 2.75) is 23.6 Å². The van der Waals surface area contributed by atoms with Crippen molar-refractivity contribution in [2.75, 3.05) is 5.73 Å². The van der Waals surface area contributed by atoms with E-state index in [9.17, 15) is 0 Å². The average Bonchev–Trinajstić information content (AvgIpc) is 2.52. The predicted octanol–water partition coefficient (Wildman–Crippen LogP) is 3.75. The predicted molar refractivity (Wildman–Crippen MR) is 96.7 cm³/mol. The van der Waals surface area contributed by atoms with Gasteiger partial charge in [-0.1, -0.05) is 23.4 Å². The van der Waals surface area contributed by atoms with Gasteiger partial charge in [-0.3, -0.25) is 9.98 Å². The van der Waals surface area contributed by atoms with E-state index in [2.05, 4.69) is 23.8 Å². The summed E-state index contributed by atoms with van der Waals surface area (Å²) in [6.07, 6.45) is 1.52. The van der Waals surface area contributed by atoms with E-state index in [1.54, 1.807) is 16.3 Å². The molecule has 0 saturated heterocycles. The first-order chi connectivity index (χ1) is 11.4. The molecule has 1 heterocycles. The van der Waals surface area contributed by atoms with Gasteiger partial charge in [-0.05, 0) is 61.4 Å². The highest BCUT2D eigenvalue weighted by atomic mass is 35.5. The Morgan fingerprint density at radius 3 is 2.33 bits per heavy atom. The lowest BCUT2D eigenvalue weighted by Gasteiger charge is -2.14. The third-order valence-electron chi connectivity index (χ3n) is 3.51. The molecule has 0 fully saturated rings. The zero-order valence-electron chi connectivity index (χ0n) is 13.2. The van der Waals surface area contributed by atoms with Crippen LogP contribution in [0, 0.1) is 19.3 Å². The zero-order valence-corrected chi connectivity index (χ0v) is 14.8. The summed E-state index contributed by atoms with van der Waals surface area (Å²) in [6, 6.07) is 11.8. The molecule has 24 heavy (non-hydrogen) atoms. The number of aromatic nitrogens is 3. The number of halogens is 1. The normalized spacial score (nSPS) is 10.8. The fourth-order valence-electron chi connectivity index (χ4n) is 2.40. The lowest BCUT2D eigenvalue weighted by Crippen LogP contribution is -2.23. The lowest BCUT2D eigenvalue weighted by atomic mass is 10.1. The standard InChI is InChI=1S/C17H16ClN5S/c1-10-7-13(23-9-21-16(19)22-17(23)20)8-11(2)15(10)24-14-5-3-12(18)4-6-14/h3-9H,1-2H3,(H3,19,20,22). The van der Waals surface area contributed by atoms with Gasteiger partial charge in [0.05, 0.1) is 5.69 Å². The molecule has 0 radical (unpaired) electrons. The number of anilines is 1. The molecule has 7 heteroatoms. The van der Waals surface area contributed by atoms with Crippen molar-refractivity contribution in [3.8, 4) is 5.69 Å². The van der Waals surface area contributed by atoms with Gasteiger partial charge in [0.25, 0.3) is 0 Å². The second-order valence-corrected chi connectivity index (χ2v) is 6.89. The molecule has 0 amide bonds.